The lowest BCUT2D eigenvalue weighted by Gasteiger charge is -2.40. The molecule has 1 heterocycles. The summed E-state index contributed by atoms with van der Waals surface area (Å²) in [5, 5.41) is 56.2. The van der Waals surface area contributed by atoms with Gasteiger partial charge in [0, 0.05) is 6.42 Å². The third-order valence-corrected chi connectivity index (χ3v) is 13.0. The zero-order valence-electron chi connectivity index (χ0n) is 39.7. The van der Waals surface area contributed by atoms with E-state index in [9.17, 15) is 30.3 Å². The summed E-state index contributed by atoms with van der Waals surface area (Å²) in [6, 6.07) is -0.922. The van der Waals surface area contributed by atoms with E-state index in [2.05, 4.69) is 19.2 Å². The van der Waals surface area contributed by atoms with Crippen LogP contribution in [0.4, 0.5) is 0 Å². The quantitative estimate of drug-likeness (QED) is 0.0332. The second-order valence-electron chi connectivity index (χ2n) is 18.7. The summed E-state index contributed by atoms with van der Waals surface area (Å²) in [5.74, 6) is -0.212. The van der Waals surface area contributed by atoms with E-state index < -0.39 is 49.0 Å². The normalized spacial score (nSPS) is 21.0. The van der Waals surface area contributed by atoms with E-state index in [1.54, 1.807) is 6.92 Å². The van der Waals surface area contributed by atoms with Crippen molar-refractivity contribution in [1.29, 1.82) is 0 Å². The van der Waals surface area contributed by atoms with Crippen molar-refractivity contribution in [3.05, 3.63) is 0 Å². The predicted octanol–water partition coefficient (Wildman–Crippen LogP) is 11.9. The number of ether oxygens (including phenoxy) is 2. The van der Waals surface area contributed by atoms with Crippen molar-refractivity contribution in [2.45, 2.75) is 314 Å². The SMILES string of the molecule is CCCCCCCCCCCCCCCCCCCCCCCCCC(=O)N[C@@H](CO[C@H]1OC(CC)[C@H](O)[C@H](O)C1O)[C@H](O)[C@H](O)CCCCCCCCCCCCCC. The molecule has 60 heavy (non-hydrogen) atoms. The topological polar surface area (TPSA) is 149 Å². The number of unbranched alkanes of at least 4 members (excludes halogenated alkanes) is 33. The lowest BCUT2D eigenvalue weighted by Crippen LogP contribution is -2.59. The van der Waals surface area contributed by atoms with Crippen molar-refractivity contribution in [3.63, 3.8) is 0 Å². The van der Waals surface area contributed by atoms with Crippen LogP contribution in [0.15, 0.2) is 0 Å². The van der Waals surface area contributed by atoms with Gasteiger partial charge in [0.25, 0.3) is 0 Å². The van der Waals surface area contributed by atoms with Crippen molar-refractivity contribution in [2.24, 2.45) is 0 Å². The zero-order valence-corrected chi connectivity index (χ0v) is 39.7. The Kier molecular flexibility index (Phi) is 39.0. The number of hydrogen-bond acceptors (Lipinski definition) is 8. The van der Waals surface area contributed by atoms with Crippen LogP contribution in [0, 0.1) is 0 Å². The maximum absolute atomic E-state index is 13.1. The van der Waals surface area contributed by atoms with Crippen LogP contribution in [0.2, 0.25) is 0 Å². The lowest BCUT2D eigenvalue weighted by molar-refractivity contribution is -0.299. The molecule has 0 aromatic heterocycles. The fraction of sp³-hybridized carbons (Fsp3) is 0.980. The van der Waals surface area contributed by atoms with E-state index in [1.165, 1.54) is 186 Å². The zero-order chi connectivity index (χ0) is 43.9. The first kappa shape index (κ1) is 57.2. The van der Waals surface area contributed by atoms with Gasteiger partial charge in [-0.05, 0) is 19.3 Å². The Morgan fingerprint density at radius 1 is 0.500 bits per heavy atom. The highest BCUT2D eigenvalue weighted by Crippen LogP contribution is 2.25. The van der Waals surface area contributed by atoms with Gasteiger partial charge >= 0.3 is 0 Å². The molecule has 1 fully saturated rings. The molecule has 0 aromatic carbocycles. The number of rotatable bonds is 44. The van der Waals surface area contributed by atoms with Crippen LogP contribution in [0.25, 0.3) is 0 Å². The van der Waals surface area contributed by atoms with Crippen LogP contribution in [0.3, 0.4) is 0 Å². The summed E-state index contributed by atoms with van der Waals surface area (Å²) in [4.78, 5) is 13.1. The summed E-state index contributed by atoms with van der Waals surface area (Å²) < 4.78 is 11.5. The molecule has 9 heteroatoms. The van der Waals surface area contributed by atoms with Gasteiger partial charge in [0.05, 0.1) is 24.9 Å². The average molecular weight is 856 g/mol. The molecule has 0 aliphatic carbocycles. The summed E-state index contributed by atoms with van der Waals surface area (Å²) in [7, 11) is 0. The Morgan fingerprint density at radius 3 is 1.22 bits per heavy atom. The third kappa shape index (κ3) is 30.3. The van der Waals surface area contributed by atoms with Gasteiger partial charge in [-0.2, -0.15) is 0 Å². The minimum atomic E-state index is -1.49. The molecule has 0 saturated carbocycles. The van der Waals surface area contributed by atoms with Crippen LogP contribution >= 0.6 is 0 Å². The summed E-state index contributed by atoms with van der Waals surface area (Å²) >= 11 is 0. The lowest BCUT2D eigenvalue weighted by atomic mass is 9.97. The minimum Gasteiger partial charge on any atom is -0.390 e. The van der Waals surface area contributed by atoms with E-state index >= 15 is 0 Å². The number of hydrogen-bond donors (Lipinski definition) is 6. The Balaban J connectivity index is 2.26. The molecule has 2 unspecified atom stereocenters. The molecular formula is C51H101NO8. The first-order valence-electron chi connectivity index (χ1n) is 26.2. The summed E-state index contributed by atoms with van der Waals surface area (Å²) in [5.41, 5.74) is 0. The maximum atomic E-state index is 13.1. The Morgan fingerprint density at radius 2 is 0.850 bits per heavy atom. The Labute approximate surface area is 370 Å². The fourth-order valence-electron chi connectivity index (χ4n) is 8.80. The molecule has 0 radical (unpaired) electrons. The van der Waals surface area contributed by atoms with Crippen molar-refractivity contribution in [3.8, 4) is 0 Å². The highest BCUT2D eigenvalue weighted by Gasteiger charge is 2.44. The molecule has 0 aromatic rings. The van der Waals surface area contributed by atoms with Gasteiger partial charge in [0.2, 0.25) is 5.91 Å². The molecular weight excluding hydrogens is 755 g/mol. The Hall–Kier alpha value is -0.810. The van der Waals surface area contributed by atoms with Gasteiger partial charge in [-0.25, -0.2) is 0 Å². The minimum absolute atomic E-state index is 0.212. The fourth-order valence-corrected chi connectivity index (χ4v) is 8.80. The Bertz CT molecular complexity index is 924. The van der Waals surface area contributed by atoms with Crippen LogP contribution in [0.5, 0.6) is 0 Å². The van der Waals surface area contributed by atoms with Crippen LogP contribution in [-0.4, -0.2) is 87.0 Å². The largest absolute Gasteiger partial charge is 0.390 e. The second kappa shape index (κ2) is 40.9. The van der Waals surface area contributed by atoms with Gasteiger partial charge < -0.3 is 40.3 Å². The van der Waals surface area contributed by atoms with E-state index in [0.29, 0.717) is 19.3 Å². The average Bonchev–Trinajstić information content (AvgIpc) is 3.25. The van der Waals surface area contributed by atoms with Crippen molar-refractivity contribution >= 4 is 5.91 Å². The standard InChI is InChI=1S/C51H101NO8/c1-4-7-9-11-13-15-17-19-20-21-22-23-24-25-26-27-28-29-31-33-35-37-39-41-46(54)52-43(42-59-51-50(58)49(57)48(56)45(6-3)60-51)47(55)44(53)40-38-36-34-32-30-18-16-14-12-10-8-5-2/h43-45,47-51,53,55-58H,4-42H2,1-3H3,(H,52,54)/t43-,44+,45?,47-,48-,49-,50?,51-/m0/s1. The van der Waals surface area contributed by atoms with Crippen molar-refractivity contribution in [2.75, 3.05) is 6.61 Å². The second-order valence-corrected chi connectivity index (χ2v) is 18.7. The smallest absolute Gasteiger partial charge is 0.220 e. The van der Waals surface area contributed by atoms with E-state index in [0.717, 1.165) is 38.5 Å². The predicted molar refractivity (Wildman–Crippen MR) is 249 cm³/mol. The first-order chi connectivity index (χ1) is 29.3. The van der Waals surface area contributed by atoms with Crippen molar-refractivity contribution < 1.29 is 39.8 Å². The van der Waals surface area contributed by atoms with E-state index in [1.807, 2.05) is 0 Å². The van der Waals surface area contributed by atoms with Crippen LogP contribution in [0.1, 0.15) is 265 Å². The maximum Gasteiger partial charge on any atom is 0.220 e. The molecule has 358 valence electrons. The number of nitrogens with one attached hydrogen (secondary N) is 1. The molecule has 6 N–H and O–H groups in total. The highest BCUT2D eigenvalue weighted by molar-refractivity contribution is 5.76. The van der Waals surface area contributed by atoms with Crippen molar-refractivity contribution in [1.82, 2.24) is 5.32 Å². The van der Waals surface area contributed by atoms with Crippen LogP contribution < -0.4 is 5.32 Å². The van der Waals surface area contributed by atoms with Gasteiger partial charge in [-0.3, -0.25) is 4.79 Å². The third-order valence-electron chi connectivity index (χ3n) is 13.0. The molecule has 0 spiro atoms. The molecule has 1 amide bonds. The van der Waals surface area contributed by atoms with Gasteiger partial charge in [0.15, 0.2) is 6.29 Å². The number of aliphatic hydroxyl groups is 5. The summed E-state index contributed by atoms with van der Waals surface area (Å²) in [6.45, 7) is 6.11. The number of aliphatic hydroxyl groups excluding tert-OH is 5. The molecule has 0 bridgehead atoms. The van der Waals surface area contributed by atoms with Crippen LogP contribution in [-0.2, 0) is 14.3 Å². The van der Waals surface area contributed by atoms with E-state index in [4.69, 9.17) is 9.47 Å². The monoisotopic (exact) mass is 856 g/mol. The number of carbonyl (C=O) groups excluding carboxylic acids is 1. The molecule has 9 nitrogen and oxygen atoms in total. The highest BCUT2D eigenvalue weighted by atomic mass is 16.7. The van der Waals surface area contributed by atoms with E-state index in [-0.39, 0.29) is 12.5 Å². The first-order valence-corrected chi connectivity index (χ1v) is 26.2. The van der Waals surface area contributed by atoms with Gasteiger partial charge in [-0.15, -0.1) is 0 Å². The number of carbonyl (C=O) groups is 1. The molecule has 1 rings (SSSR count). The summed E-state index contributed by atoms with van der Waals surface area (Å²) in [6.07, 6.45) is 37.6. The van der Waals surface area contributed by atoms with Gasteiger partial charge in [-0.1, -0.05) is 239 Å². The molecule has 1 aliphatic rings. The molecule has 1 aliphatic heterocycles. The molecule has 8 atom stereocenters. The number of amides is 1. The van der Waals surface area contributed by atoms with Gasteiger partial charge in [0.1, 0.15) is 24.4 Å². The molecule has 1 saturated heterocycles.